The van der Waals surface area contributed by atoms with Gasteiger partial charge >= 0.3 is 0 Å². The first-order valence-electron chi connectivity index (χ1n) is 7.58. The largest absolute Gasteiger partial charge is 0.308 e. The summed E-state index contributed by atoms with van der Waals surface area (Å²) in [5, 5.41) is 5.29. The SMILES string of the molecule is O=c1ccccn1Cc1nc(C2CC2)nn1-c1cccc(Cl)c1. The molecule has 1 fully saturated rings. The molecule has 0 amide bonds. The third kappa shape index (κ3) is 2.92. The van der Waals surface area contributed by atoms with E-state index in [-0.39, 0.29) is 5.56 Å². The minimum absolute atomic E-state index is 0.0545. The van der Waals surface area contributed by atoms with E-state index < -0.39 is 0 Å². The standard InChI is InChI=1S/C17H15ClN4O/c18-13-4-3-5-14(10-13)22-15(19-17(20-22)12-7-8-12)11-21-9-2-1-6-16(21)23/h1-6,9-10,12H,7-8,11H2. The number of halogens is 1. The zero-order chi connectivity index (χ0) is 15.8. The van der Waals surface area contributed by atoms with Gasteiger partial charge in [-0.3, -0.25) is 4.79 Å². The van der Waals surface area contributed by atoms with Crippen LogP contribution < -0.4 is 5.56 Å². The number of pyridine rings is 1. The smallest absolute Gasteiger partial charge is 0.250 e. The number of hydrogen-bond donors (Lipinski definition) is 0. The third-order valence-corrected chi connectivity index (χ3v) is 4.13. The summed E-state index contributed by atoms with van der Waals surface area (Å²) in [7, 11) is 0. The van der Waals surface area contributed by atoms with E-state index in [1.807, 2.05) is 30.3 Å². The second kappa shape index (κ2) is 5.66. The highest BCUT2D eigenvalue weighted by atomic mass is 35.5. The van der Waals surface area contributed by atoms with Crippen LogP contribution in [0.25, 0.3) is 5.69 Å². The molecule has 1 aromatic carbocycles. The number of benzene rings is 1. The summed E-state index contributed by atoms with van der Waals surface area (Å²) in [5.74, 6) is 2.04. The molecule has 6 heteroatoms. The summed E-state index contributed by atoms with van der Waals surface area (Å²) >= 11 is 6.10. The molecule has 1 saturated carbocycles. The van der Waals surface area contributed by atoms with Crippen molar-refractivity contribution in [3.8, 4) is 5.69 Å². The number of nitrogens with zero attached hydrogens (tertiary/aromatic N) is 4. The van der Waals surface area contributed by atoms with E-state index in [0.29, 0.717) is 17.5 Å². The van der Waals surface area contributed by atoms with Gasteiger partial charge in [-0.05, 0) is 37.1 Å². The lowest BCUT2D eigenvalue weighted by Gasteiger charge is -2.08. The van der Waals surface area contributed by atoms with Gasteiger partial charge < -0.3 is 4.57 Å². The van der Waals surface area contributed by atoms with Crippen LogP contribution in [0.15, 0.2) is 53.5 Å². The molecule has 2 aromatic heterocycles. The Balaban J connectivity index is 1.78. The van der Waals surface area contributed by atoms with E-state index in [2.05, 4.69) is 10.1 Å². The Kier molecular flexibility index (Phi) is 3.50. The lowest BCUT2D eigenvalue weighted by atomic mass is 10.3. The van der Waals surface area contributed by atoms with Crippen LogP contribution >= 0.6 is 11.6 Å². The van der Waals surface area contributed by atoms with Crippen LogP contribution in [0.2, 0.25) is 5.02 Å². The number of aromatic nitrogens is 4. The van der Waals surface area contributed by atoms with E-state index in [1.54, 1.807) is 27.6 Å². The molecule has 5 nitrogen and oxygen atoms in total. The van der Waals surface area contributed by atoms with Crippen molar-refractivity contribution in [3.05, 3.63) is 75.7 Å². The van der Waals surface area contributed by atoms with Crippen LogP contribution in [0, 0.1) is 0 Å². The minimum Gasteiger partial charge on any atom is -0.308 e. The zero-order valence-corrected chi connectivity index (χ0v) is 13.1. The van der Waals surface area contributed by atoms with Crippen LogP contribution in [0.1, 0.15) is 30.4 Å². The molecule has 0 aliphatic heterocycles. The molecule has 0 saturated heterocycles. The predicted molar refractivity (Wildman–Crippen MR) is 88.1 cm³/mol. The molecule has 0 spiro atoms. The van der Waals surface area contributed by atoms with Crippen molar-refractivity contribution in [2.75, 3.05) is 0 Å². The summed E-state index contributed by atoms with van der Waals surface area (Å²) in [5.41, 5.74) is 0.803. The maximum atomic E-state index is 12.0. The van der Waals surface area contributed by atoms with E-state index in [9.17, 15) is 4.79 Å². The Morgan fingerprint density at radius 1 is 1.17 bits per heavy atom. The summed E-state index contributed by atoms with van der Waals surface area (Å²) in [6.45, 7) is 0.381. The summed E-state index contributed by atoms with van der Waals surface area (Å²) in [6, 6.07) is 12.6. The summed E-state index contributed by atoms with van der Waals surface area (Å²) in [4.78, 5) is 16.6. The van der Waals surface area contributed by atoms with E-state index in [0.717, 1.165) is 30.2 Å². The molecule has 0 bridgehead atoms. The summed E-state index contributed by atoms with van der Waals surface area (Å²) in [6.07, 6.45) is 4.02. The molecule has 1 aliphatic rings. The van der Waals surface area contributed by atoms with Gasteiger partial charge in [0.05, 0.1) is 12.2 Å². The molecular formula is C17H15ClN4O. The lowest BCUT2D eigenvalue weighted by Crippen LogP contribution is -2.20. The average molecular weight is 327 g/mol. The lowest BCUT2D eigenvalue weighted by molar-refractivity contribution is 0.681. The highest BCUT2D eigenvalue weighted by Crippen LogP contribution is 2.38. The van der Waals surface area contributed by atoms with Crippen LogP contribution in [0.5, 0.6) is 0 Å². The number of hydrogen-bond acceptors (Lipinski definition) is 3. The van der Waals surface area contributed by atoms with Gasteiger partial charge in [0.25, 0.3) is 5.56 Å². The van der Waals surface area contributed by atoms with Crippen LogP contribution in [-0.4, -0.2) is 19.3 Å². The molecule has 2 heterocycles. The van der Waals surface area contributed by atoms with E-state index in [4.69, 9.17) is 11.6 Å². The Hall–Kier alpha value is -2.40. The van der Waals surface area contributed by atoms with E-state index in [1.165, 1.54) is 0 Å². The monoisotopic (exact) mass is 326 g/mol. The predicted octanol–water partition coefficient (Wildman–Crippen LogP) is 3.01. The first-order valence-corrected chi connectivity index (χ1v) is 7.96. The first-order chi connectivity index (χ1) is 11.2. The Morgan fingerprint density at radius 2 is 2.04 bits per heavy atom. The van der Waals surface area contributed by atoms with Crippen molar-refractivity contribution in [1.29, 1.82) is 0 Å². The summed E-state index contributed by atoms with van der Waals surface area (Å²) < 4.78 is 3.42. The maximum Gasteiger partial charge on any atom is 0.250 e. The van der Waals surface area contributed by atoms with Gasteiger partial charge in [-0.2, -0.15) is 5.10 Å². The molecule has 0 unspecified atom stereocenters. The average Bonchev–Trinajstić information content (AvgIpc) is 3.31. The highest BCUT2D eigenvalue weighted by molar-refractivity contribution is 6.30. The molecule has 3 aromatic rings. The fourth-order valence-electron chi connectivity index (χ4n) is 2.54. The molecule has 1 aliphatic carbocycles. The molecule has 23 heavy (non-hydrogen) atoms. The van der Waals surface area contributed by atoms with Crippen molar-refractivity contribution in [3.63, 3.8) is 0 Å². The van der Waals surface area contributed by atoms with Crippen LogP contribution in [0.3, 0.4) is 0 Å². The maximum absolute atomic E-state index is 12.0. The van der Waals surface area contributed by atoms with Crippen LogP contribution in [0.4, 0.5) is 0 Å². The Labute approximate surface area is 138 Å². The molecule has 4 rings (SSSR count). The molecular weight excluding hydrogens is 312 g/mol. The minimum atomic E-state index is -0.0545. The van der Waals surface area contributed by atoms with Gasteiger partial charge in [0.1, 0.15) is 0 Å². The third-order valence-electron chi connectivity index (χ3n) is 3.90. The molecule has 116 valence electrons. The second-order valence-corrected chi connectivity index (χ2v) is 6.16. The molecule has 0 N–H and O–H groups in total. The first kappa shape index (κ1) is 14.2. The van der Waals surface area contributed by atoms with Crippen molar-refractivity contribution in [1.82, 2.24) is 19.3 Å². The van der Waals surface area contributed by atoms with Gasteiger partial charge in [0.2, 0.25) is 0 Å². The fraction of sp³-hybridized carbons (Fsp3) is 0.235. The highest BCUT2D eigenvalue weighted by Gasteiger charge is 2.29. The second-order valence-electron chi connectivity index (χ2n) is 5.72. The van der Waals surface area contributed by atoms with Crippen LogP contribution in [-0.2, 0) is 6.54 Å². The Bertz CT molecular complexity index is 911. The zero-order valence-electron chi connectivity index (χ0n) is 12.4. The number of rotatable bonds is 4. The molecule has 0 atom stereocenters. The van der Waals surface area contributed by atoms with Gasteiger partial charge in [-0.1, -0.05) is 23.7 Å². The van der Waals surface area contributed by atoms with Gasteiger partial charge in [0, 0.05) is 23.2 Å². The van der Waals surface area contributed by atoms with Crippen molar-refractivity contribution < 1.29 is 0 Å². The van der Waals surface area contributed by atoms with Crippen molar-refractivity contribution >= 4 is 11.6 Å². The van der Waals surface area contributed by atoms with Gasteiger partial charge in [0.15, 0.2) is 11.6 Å². The van der Waals surface area contributed by atoms with Crippen molar-refractivity contribution in [2.45, 2.75) is 25.3 Å². The quantitative estimate of drug-likeness (QED) is 0.740. The topological polar surface area (TPSA) is 52.7 Å². The fourth-order valence-corrected chi connectivity index (χ4v) is 2.72. The van der Waals surface area contributed by atoms with Gasteiger partial charge in [-0.15, -0.1) is 0 Å². The van der Waals surface area contributed by atoms with Crippen molar-refractivity contribution in [2.24, 2.45) is 0 Å². The normalized spacial score (nSPS) is 14.1. The van der Waals surface area contributed by atoms with E-state index >= 15 is 0 Å². The molecule has 0 radical (unpaired) electrons. The Morgan fingerprint density at radius 3 is 2.78 bits per heavy atom. The van der Waals surface area contributed by atoms with Gasteiger partial charge in [-0.25, -0.2) is 9.67 Å².